The van der Waals surface area contributed by atoms with E-state index in [0.717, 1.165) is 11.0 Å². The Morgan fingerprint density at radius 3 is 1.56 bits per heavy atom. The zero-order valence-electron chi connectivity index (χ0n) is 8.46. The zero-order chi connectivity index (χ0) is 9.38. The minimum atomic E-state index is 0. The van der Waals surface area contributed by atoms with E-state index in [0.29, 0.717) is 0 Å². The van der Waals surface area contributed by atoms with Crippen LogP contribution in [0.3, 0.4) is 0 Å². The Kier molecular flexibility index (Phi) is 4.91. The van der Waals surface area contributed by atoms with Crippen LogP contribution in [0.25, 0.3) is 21.8 Å². The Balaban J connectivity index is 0.000000640. The summed E-state index contributed by atoms with van der Waals surface area (Å²) in [7, 11) is 0. The number of benzene rings is 2. The van der Waals surface area contributed by atoms with Crippen molar-refractivity contribution in [2.75, 3.05) is 0 Å². The van der Waals surface area contributed by atoms with Gasteiger partial charge in [-0.3, -0.25) is 0 Å². The molecule has 82 valence electrons. The fraction of sp³-hybridized carbons (Fsp3) is 0. The van der Waals surface area contributed by atoms with Crippen molar-refractivity contribution in [3.8, 4) is 0 Å². The Bertz CT molecular complexity index is 503. The van der Waals surface area contributed by atoms with E-state index < -0.39 is 0 Å². The van der Waals surface area contributed by atoms with Gasteiger partial charge in [-0.15, -0.1) is 48.0 Å². The van der Waals surface area contributed by atoms with Crippen LogP contribution < -0.4 is 0 Å². The maximum atomic E-state index is 4.58. The highest BCUT2D eigenvalue weighted by molar-refractivity contribution is 14.0. The molecule has 0 aliphatic carbocycles. The predicted octanol–water partition coefficient (Wildman–Crippen LogP) is 4.62. The molecule has 0 amide bonds. The topological polar surface area (TPSA) is 12.9 Å². The van der Waals surface area contributed by atoms with Gasteiger partial charge >= 0.3 is 0 Å². The molecule has 0 aliphatic heterocycles. The number of fused-ring (bicyclic) bond motifs is 2. The summed E-state index contributed by atoms with van der Waals surface area (Å²) in [6.07, 6.45) is 0. The SMILES string of the molecule is I.I.c1ccc2nc3ccccc3cc2c1. The number of hydrogen-bond acceptors (Lipinski definition) is 1. The summed E-state index contributed by atoms with van der Waals surface area (Å²) in [5.41, 5.74) is 2.12. The van der Waals surface area contributed by atoms with Crippen molar-refractivity contribution < 1.29 is 0 Å². The van der Waals surface area contributed by atoms with Crippen LogP contribution in [0, 0.1) is 0 Å². The summed E-state index contributed by atoms with van der Waals surface area (Å²) in [6, 6.07) is 18.6. The van der Waals surface area contributed by atoms with Gasteiger partial charge in [0, 0.05) is 10.8 Å². The van der Waals surface area contributed by atoms with Crippen molar-refractivity contribution in [2.24, 2.45) is 0 Å². The van der Waals surface area contributed by atoms with Crippen molar-refractivity contribution in [1.29, 1.82) is 0 Å². The first kappa shape index (κ1) is 13.6. The average molecular weight is 435 g/mol. The minimum Gasteiger partial charge on any atom is -0.248 e. The molecule has 0 bridgehead atoms. The second-order valence-corrected chi connectivity index (χ2v) is 3.37. The molecule has 0 saturated heterocycles. The number of hydrogen-bond donors (Lipinski definition) is 0. The van der Waals surface area contributed by atoms with Gasteiger partial charge in [0.15, 0.2) is 0 Å². The molecule has 1 heterocycles. The maximum absolute atomic E-state index is 4.58. The molecule has 0 N–H and O–H groups in total. The van der Waals surface area contributed by atoms with Gasteiger partial charge in [0.1, 0.15) is 0 Å². The molecular formula is C13H11I2N. The van der Waals surface area contributed by atoms with Crippen LogP contribution >= 0.6 is 48.0 Å². The third kappa shape index (κ3) is 2.45. The van der Waals surface area contributed by atoms with Gasteiger partial charge in [-0.2, -0.15) is 0 Å². The van der Waals surface area contributed by atoms with Gasteiger partial charge in [-0.25, -0.2) is 4.98 Å². The molecule has 0 atom stereocenters. The lowest BCUT2D eigenvalue weighted by atomic mass is 10.1. The van der Waals surface area contributed by atoms with E-state index in [1.165, 1.54) is 10.8 Å². The molecule has 1 aromatic heterocycles. The molecule has 0 unspecified atom stereocenters. The lowest BCUT2D eigenvalue weighted by Gasteiger charge is -1.99. The van der Waals surface area contributed by atoms with E-state index in [4.69, 9.17) is 0 Å². The molecule has 16 heavy (non-hydrogen) atoms. The fourth-order valence-electron chi connectivity index (χ4n) is 1.72. The van der Waals surface area contributed by atoms with Crippen molar-refractivity contribution >= 4 is 69.8 Å². The second kappa shape index (κ2) is 5.77. The van der Waals surface area contributed by atoms with Crippen LogP contribution in [-0.4, -0.2) is 4.98 Å². The number of aromatic nitrogens is 1. The van der Waals surface area contributed by atoms with Crippen LogP contribution in [0.4, 0.5) is 0 Å². The third-order valence-corrected chi connectivity index (χ3v) is 2.43. The Morgan fingerprint density at radius 2 is 1.06 bits per heavy atom. The Morgan fingerprint density at radius 1 is 0.625 bits per heavy atom. The molecule has 3 aromatic rings. The summed E-state index contributed by atoms with van der Waals surface area (Å²) < 4.78 is 0. The molecule has 2 aromatic carbocycles. The van der Waals surface area contributed by atoms with Crippen LogP contribution in [0.2, 0.25) is 0 Å². The summed E-state index contributed by atoms with van der Waals surface area (Å²) in [4.78, 5) is 4.58. The van der Waals surface area contributed by atoms with Crippen LogP contribution in [0.5, 0.6) is 0 Å². The van der Waals surface area contributed by atoms with Crippen molar-refractivity contribution in [3.05, 3.63) is 54.6 Å². The van der Waals surface area contributed by atoms with Crippen molar-refractivity contribution in [1.82, 2.24) is 4.98 Å². The third-order valence-electron chi connectivity index (χ3n) is 2.43. The van der Waals surface area contributed by atoms with E-state index in [-0.39, 0.29) is 48.0 Å². The van der Waals surface area contributed by atoms with Crippen molar-refractivity contribution in [3.63, 3.8) is 0 Å². The summed E-state index contributed by atoms with van der Waals surface area (Å²) in [5.74, 6) is 0. The molecule has 0 radical (unpaired) electrons. The van der Waals surface area contributed by atoms with E-state index in [1.54, 1.807) is 0 Å². The second-order valence-electron chi connectivity index (χ2n) is 3.37. The first-order valence-corrected chi connectivity index (χ1v) is 4.68. The highest BCUT2D eigenvalue weighted by atomic mass is 127. The monoisotopic (exact) mass is 435 g/mol. The number of pyridine rings is 1. The van der Waals surface area contributed by atoms with E-state index >= 15 is 0 Å². The number of rotatable bonds is 0. The molecule has 0 fully saturated rings. The first-order valence-electron chi connectivity index (χ1n) is 4.68. The van der Waals surface area contributed by atoms with E-state index in [9.17, 15) is 0 Å². The van der Waals surface area contributed by atoms with Gasteiger partial charge in [0.2, 0.25) is 0 Å². The standard InChI is InChI=1S/C13H9N.2HI/c1-3-7-12-10(5-1)9-11-6-2-4-8-13(11)14-12;;/h1-9H;2*1H. The average Bonchev–Trinajstić information content (AvgIpc) is 2.26. The largest absolute Gasteiger partial charge is 0.248 e. The van der Waals surface area contributed by atoms with Crippen LogP contribution in [0.15, 0.2) is 54.6 Å². The molecule has 0 saturated carbocycles. The maximum Gasteiger partial charge on any atom is 0.0709 e. The fourth-order valence-corrected chi connectivity index (χ4v) is 1.72. The van der Waals surface area contributed by atoms with Gasteiger partial charge in [-0.1, -0.05) is 36.4 Å². The smallest absolute Gasteiger partial charge is 0.0709 e. The first-order chi connectivity index (χ1) is 6.93. The predicted molar refractivity (Wildman–Crippen MR) is 90.1 cm³/mol. The van der Waals surface area contributed by atoms with Gasteiger partial charge < -0.3 is 0 Å². The minimum absolute atomic E-state index is 0. The van der Waals surface area contributed by atoms with Gasteiger partial charge in [0.25, 0.3) is 0 Å². The zero-order valence-corrected chi connectivity index (χ0v) is 13.1. The summed E-state index contributed by atoms with van der Waals surface area (Å²) >= 11 is 0. The molecule has 3 heteroatoms. The number of para-hydroxylation sites is 2. The normalized spacial score (nSPS) is 9.50. The van der Waals surface area contributed by atoms with Crippen molar-refractivity contribution in [2.45, 2.75) is 0 Å². The lowest BCUT2D eigenvalue weighted by Crippen LogP contribution is -1.80. The Hall–Kier alpha value is -0.430. The molecule has 3 rings (SSSR count). The summed E-state index contributed by atoms with van der Waals surface area (Å²) in [6.45, 7) is 0. The van der Waals surface area contributed by atoms with Gasteiger partial charge in [-0.05, 0) is 18.2 Å². The quantitative estimate of drug-likeness (QED) is 0.371. The highest BCUT2D eigenvalue weighted by Crippen LogP contribution is 2.18. The molecule has 0 spiro atoms. The van der Waals surface area contributed by atoms with E-state index in [1.807, 2.05) is 36.4 Å². The molecular weight excluding hydrogens is 424 g/mol. The van der Waals surface area contributed by atoms with Crippen LogP contribution in [0.1, 0.15) is 0 Å². The van der Waals surface area contributed by atoms with Crippen LogP contribution in [-0.2, 0) is 0 Å². The molecule has 1 nitrogen and oxygen atoms in total. The Labute approximate surface area is 128 Å². The number of halogens is 2. The summed E-state index contributed by atoms with van der Waals surface area (Å²) in [5, 5.41) is 2.40. The van der Waals surface area contributed by atoms with Gasteiger partial charge in [0.05, 0.1) is 11.0 Å². The number of nitrogens with zero attached hydrogens (tertiary/aromatic N) is 1. The molecule has 0 aliphatic rings. The highest BCUT2D eigenvalue weighted by Gasteiger charge is 1.96. The lowest BCUT2D eigenvalue weighted by molar-refractivity contribution is 1.50. The van der Waals surface area contributed by atoms with E-state index in [2.05, 4.69) is 23.2 Å².